The Hall–Kier alpha value is -1.31. The lowest BCUT2D eigenvalue weighted by Gasteiger charge is -2.07. The highest BCUT2D eigenvalue weighted by atomic mass is 16.5. The maximum Gasteiger partial charge on any atom is 0.313 e. The Morgan fingerprint density at radius 2 is 2.23 bits per heavy atom. The zero-order valence-electron chi connectivity index (χ0n) is 7.49. The monoisotopic (exact) mass is 175 g/mol. The molecule has 0 aliphatic heterocycles. The molecule has 1 radical (unpaired) electrons. The molecule has 0 heterocycles. The maximum atomic E-state index is 11.3. The summed E-state index contributed by atoms with van der Waals surface area (Å²) in [7, 11) is 1.43. The lowest BCUT2D eigenvalue weighted by atomic mass is 10.0. The summed E-state index contributed by atoms with van der Waals surface area (Å²) < 4.78 is 4.73. The summed E-state index contributed by atoms with van der Waals surface area (Å²) in [4.78, 5) is 11.3. The maximum absolute atomic E-state index is 11.3. The number of ether oxygens (including phenoxy) is 1. The number of fused-ring (bicyclic) bond motifs is 1. The largest absolute Gasteiger partial charge is 0.469 e. The molecule has 13 heavy (non-hydrogen) atoms. The van der Waals surface area contributed by atoms with Crippen molar-refractivity contribution in [3.05, 3.63) is 41.8 Å². The number of esters is 1. The molecule has 2 rings (SSSR count). The SMILES string of the molecule is COC(=O)C1C[CH]c2ccccc21. The predicted octanol–water partition coefficient (Wildman–Crippen LogP) is 1.90. The van der Waals surface area contributed by atoms with Crippen LogP contribution in [0, 0.1) is 6.42 Å². The predicted molar refractivity (Wildman–Crippen MR) is 49.2 cm³/mol. The number of methoxy groups -OCH3 is 1. The van der Waals surface area contributed by atoms with Gasteiger partial charge in [-0.15, -0.1) is 0 Å². The quantitative estimate of drug-likeness (QED) is 0.609. The van der Waals surface area contributed by atoms with Gasteiger partial charge < -0.3 is 4.74 Å². The topological polar surface area (TPSA) is 26.3 Å². The third-order valence-electron chi connectivity index (χ3n) is 2.43. The van der Waals surface area contributed by atoms with Gasteiger partial charge in [0, 0.05) is 0 Å². The van der Waals surface area contributed by atoms with Gasteiger partial charge in [-0.3, -0.25) is 4.79 Å². The zero-order valence-corrected chi connectivity index (χ0v) is 7.49. The second kappa shape index (κ2) is 3.21. The molecule has 0 saturated heterocycles. The molecule has 0 bridgehead atoms. The molecule has 2 heteroatoms. The van der Waals surface area contributed by atoms with Crippen LogP contribution in [0.3, 0.4) is 0 Å². The van der Waals surface area contributed by atoms with E-state index in [1.54, 1.807) is 0 Å². The van der Waals surface area contributed by atoms with Crippen LogP contribution >= 0.6 is 0 Å². The highest BCUT2D eigenvalue weighted by molar-refractivity contribution is 5.80. The molecule has 67 valence electrons. The minimum Gasteiger partial charge on any atom is -0.469 e. The van der Waals surface area contributed by atoms with Crippen molar-refractivity contribution < 1.29 is 9.53 Å². The molecular formula is C11H11O2. The molecule has 0 N–H and O–H groups in total. The third kappa shape index (κ3) is 1.32. The smallest absolute Gasteiger partial charge is 0.313 e. The molecule has 0 amide bonds. The average molecular weight is 175 g/mol. The molecule has 0 fully saturated rings. The van der Waals surface area contributed by atoms with Crippen LogP contribution in [0.5, 0.6) is 0 Å². The molecule has 1 aliphatic carbocycles. The van der Waals surface area contributed by atoms with Crippen LogP contribution in [0.1, 0.15) is 23.5 Å². The molecule has 2 nitrogen and oxygen atoms in total. The summed E-state index contributed by atoms with van der Waals surface area (Å²) in [5.41, 5.74) is 2.26. The Morgan fingerprint density at radius 1 is 1.46 bits per heavy atom. The fourth-order valence-electron chi connectivity index (χ4n) is 1.75. The summed E-state index contributed by atoms with van der Waals surface area (Å²) in [5, 5.41) is 0. The van der Waals surface area contributed by atoms with E-state index in [4.69, 9.17) is 4.74 Å². The van der Waals surface area contributed by atoms with Crippen molar-refractivity contribution in [3.63, 3.8) is 0 Å². The number of carbonyl (C=O) groups excluding carboxylic acids is 1. The summed E-state index contributed by atoms with van der Waals surface area (Å²) in [6.07, 6.45) is 2.85. The normalized spacial score (nSPS) is 19.6. The molecule has 1 unspecified atom stereocenters. The fraction of sp³-hybridized carbons (Fsp3) is 0.273. The van der Waals surface area contributed by atoms with E-state index in [1.807, 2.05) is 24.3 Å². The van der Waals surface area contributed by atoms with Crippen LogP contribution < -0.4 is 0 Å². The molecule has 1 aromatic rings. The van der Waals surface area contributed by atoms with Crippen molar-refractivity contribution in [2.45, 2.75) is 12.3 Å². The van der Waals surface area contributed by atoms with Crippen LogP contribution in [0.4, 0.5) is 0 Å². The molecule has 1 atom stereocenters. The molecule has 1 aromatic carbocycles. The molecule has 1 aliphatic rings. The van der Waals surface area contributed by atoms with Crippen LogP contribution in [0.2, 0.25) is 0 Å². The second-order valence-corrected chi connectivity index (χ2v) is 3.14. The van der Waals surface area contributed by atoms with E-state index in [1.165, 1.54) is 7.11 Å². The Kier molecular flexibility index (Phi) is 2.05. The minimum absolute atomic E-state index is 0.0822. The van der Waals surface area contributed by atoms with Crippen LogP contribution in [-0.2, 0) is 9.53 Å². The fourth-order valence-corrected chi connectivity index (χ4v) is 1.75. The number of benzene rings is 1. The van der Waals surface area contributed by atoms with Crippen molar-refractivity contribution in [1.82, 2.24) is 0 Å². The van der Waals surface area contributed by atoms with E-state index in [0.717, 1.165) is 17.5 Å². The van der Waals surface area contributed by atoms with Crippen molar-refractivity contribution in [2.24, 2.45) is 0 Å². The van der Waals surface area contributed by atoms with Crippen LogP contribution in [0.15, 0.2) is 24.3 Å². The van der Waals surface area contributed by atoms with Crippen LogP contribution in [0.25, 0.3) is 0 Å². The van der Waals surface area contributed by atoms with Gasteiger partial charge in [-0.25, -0.2) is 0 Å². The Balaban J connectivity index is 2.33. The van der Waals surface area contributed by atoms with Crippen molar-refractivity contribution in [2.75, 3.05) is 7.11 Å². The summed E-state index contributed by atoms with van der Waals surface area (Å²) in [6.45, 7) is 0. The van der Waals surface area contributed by atoms with Crippen molar-refractivity contribution in [3.8, 4) is 0 Å². The Labute approximate surface area is 77.5 Å². The summed E-state index contributed by atoms with van der Waals surface area (Å²) >= 11 is 0. The van der Waals surface area contributed by atoms with Gasteiger partial charge in [-0.2, -0.15) is 0 Å². The first-order valence-electron chi connectivity index (χ1n) is 4.33. The van der Waals surface area contributed by atoms with E-state index in [0.29, 0.717) is 0 Å². The van der Waals surface area contributed by atoms with Crippen molar-refractivity contribution in [1.29, 1.82) is 0 Å². The van der Waals surface area contributed by atoms with Gasteiger partial charge in [0.2, 0.25) is 0 Å². The van der Waals surface area contributed by atoms with Crippen molar-refractivity contribution >= 4 is 5.97 Å². The van der Waals surface area contributed by atoms with Gasteiger partial charge >= 0.3 is 5.97 Å². The lowest BCUT2D eigenvalue weighted by molar-refractivity contribution is -0.142. The highest BCUT2D eigenvalue weighted by Crippen LogP contribution is 2.34. The van der Waals surface area contributed by atoms with Gasteiger partial charge in [-0.05, 0) is 24.0 Å². The third-order valence-corrected chi connectivity index (χ3v) is 2.43. The Bertz CT molecular complexity index is 331. The molecule has 0 saturated carbocycles. The summed E-state index contributed by atoms with van der Waals surface area (Å²) in [6, 6.07) is 7.95. The first kappa shape index (κ1) is 8.30. The number of hydrogen-bond donors (Lipinski definition) is 0. The van der Waals surface area contributed by atoms with E-state index in [2.05, 4.69) is 6.42 Å². The van der Waals surface area contributed by atoms with Gasteiger partial charge in [0.1, 0.15) is 0 Å². The Morgan fingerprint density at radius 3 is 3.00 bits per heavy atom. The molecule has 0 aromatic heterocycles. The average Bonchev–Trinajstić information content (AvgIpc) is 2.60. The van der Waals surface area contributed by atoms with Gasteiger partial charge in [-0.1, -0.05) is 24.3 Å². The molecule has 0 spiro atoms. The van der Waals surface area contributed by atoms with Crippen LogP contribution in [-0.4, -0.2) is 13.1 Å². The van der Waals surface area contributed by atoms with Gasteiger partial charge in [0.05, 0.1) is 13.0 Å². The van der Waals surface area contributed by atoms with E-state index >= 15 is 0 Å². The van der Waals surface area contributed by atoms with Gasteiger partial charge in [0.15, 0.2) is 0 Å². The number of carbonyl (C=O) groups is 1. The first-order chi connectivity index (χ1) is 6.33. The number of hydrogen-bond acceptors (Lipinski definition) is 2. The van der Waals surface area contributed by atoms with E-state index in [9.17, 15) is 4.79 Å². The standard InChI is InChI=1S/C11H11O2/c1-13-11(12)10-7-6-8-4-2-3-5-9(8)10/h2-6,10H,7H2,1H3. The number of rotatable bonds is 1. The zero-order chi connectivity index (χ0) is 9.26. The first-order valence-corrected chi connectivity index (χ1v) is 4.33. The minimum atomic E-state index is -0.138. The lowest BCUT2D eigenvalue weighted by Crippen LogP contribution is -2.10. The second-order valence-electron chi connectivity index (χ2n) is 3.14. The van der Waals surface area contributed by atoms with Gasteiger partial charge in [0.25, 0.3) is 0 Å². The summed E-state index contributed by atoms with van der Waals surface area (Å²) in [5.74, 6) is -0.220. The van der Waals surface area contributed by atoms with E-state index < -0.39 is 0 Å². The van der Waals surface area contributed by atoms with E-state index in [-0.39, 0.29) is 11.9 Å². The molecular weight excluding hydrogens is 164 g/mol. The highest BCUT2D eigenvalue weighted by Gasteiger charge is 2.28.